The highest BCUT2D eigenvalue weighted by molar-refractivity contribution is 6.29. The lowest BCUT2D eigenvalue weighted by atomic mass is 9.97. The Bertz CT molecular complexity index is 810. The van der Waals surface area contributed by atoms with E-state index in [4.69, 9.17) is 16.3 Å². The number of hydrogen-bond acceptors (Lipinski definition) is 3. The van der Waals surface area contributed by atoms with Gasteiger partial charge >= 0.3 is 12.1 Å². The highest BCUT2D eigenvalue weighted by Gasteiger charge is 2.30. The summed E-state index contributed by atoms with van der Waals surface area (Å²) in [6, 6.07) is 7.99. The molecule has 0 aliphatic carbocycles. The Morgan fingerprint density at radius 3 is 2.35 bits per heavy atom. The van der Waals surface area contributed by atoms with Crippen LogP contribution < -0.4 is 0 Å². The van der Waals surface area contributed by atoms with Gasteiger partial charge < -0.3 is 4.74 Å². The summed E-state index contributed by atoms with van der Waals surface area (Å²) in [6.45, 7) is 1.94. The lowest BCUT2D eigenvalue weighted by Crippen LogP contribution is -2.04. The van der Waals surface area contributed by atoms with E-state index >= 15 is 0 Å². The molecule has 1 aromatic carbocycles. The van der Waals surface area contributed by atoms with Crippen LogP contribution in [0.15, 0.2) is 60.8 Å². The molecule has 0 atom stereocenters. The van der Waals surface area contributed by atoms with Gasteiger partial charge in [-0.05, 0) is 42.3 Å². The molecule has 7 heteroatoms. The number of carbonyl (C=O) groups is 1. The van der Waals surface area contributed by atoms with Gasteiger partial charge in [0.2, 0.25) is 0 Å². The minimum Gasteiger partial charge on any atom is -0.463 e. The molecule has 0 aliphatic rings. The van der Waals surface area contributed by atoms with E-state index in [1.54, 1.807) is 25.1 Å². The molecule has 0 unspecified atom stereocenters. The van der Waals surface area contributed by atoms with Gasteiger partial charge in [0.15, 0.2) is 0 Å². The number of rotatable bonds is 5. The summed E-state index contributed by atoms with van der Waals surface area (Å²) in [7, 11) is 0. The molecule has 0 aliphatic heterocycles. The van der Waals surface area contributed by atoms with E-state index in [0.29, 0.717) is 21.9 Å². The molecular formula is C19H15ClF3NO2. The molecule has 0 fully saturated rings. The zero-order valence-electron chi connectivity index (χ0n) is 13.8. The fraction of sp³-hybridized carbons (Fsp3) is 0.158. The quantitative estimate of drug-likeness (QED) is 0.305. The number of nitrogens with zero attached hydrogens (tertiary/aromatic N) is 1. The highest BCUT2D eigenvalue weighted by atomic mass is 35.5. The third kappa shape index (κ3) is 5.46. The van der Waals surface area contributed by atoms with E-state index in [1.807, 2.05) is 0 Å². The highest BCUT2D eigenvalue weighted by Crippen LogP contribution is 2.31. The summed E-state index contributed by atoms with van der Waals surface area (Å²) in [6.07, 6.45) is 1.40. The molecule has 0 radical (unpaired) electrons. The number of aromatic nitrogens is 1. The van der Waals surface area contributed by atoms with Crippen molar-refractivity contribution >= 4 is 23.1 Å². The number of hydrogen-bond donors (Lipinski definition) is 0. The van der Waals surface area contributed by atoms with Crippen LogP contribution in [0.3, 0.4) is 0 Å². The van der Waals surface area contributed by atoms with E-state index in [2.05, 4.69) is 4.98 Å². The molecule has 136 valence electrons. The molecule has 0 spiro atoms. The van der Waals surface area contributed by atoms with Gasteiger partial charge in [-0.1, -0.05) is 35.9 Å². The van der Waals surface area contributed by atoms with Crippen molar-refractivity contribution in [3.63, 3.8) is 0 Å². The number of ether oxygens (including phenoxy) is 1. The predicted molar refractivity (Wildman–Crippen MR) is 93.5 cm³/mol. The number of allylic oxidation sites excluding steroid dienone is 2. The van der Waals surface area contributed by atoms with Crippen molar-refractivity contribution in [1.29, 1.82) is 0 Å². The topological polar surface area (TPSA) is 39.2 Å². The Hall–Kier alpha value is -2.60. The maximum Gasteiger partial charge on any atom is 0.416 e. The fourth-order valence-electron chi connectivity index (χ4n) is 2.15. The van der Waals surface area contributed by atoms with Crippen molar-refractivity contribution in [1.82, 2.24) is 4.98 Å². The molecule has 0 bridgehead atoms. The number of esters is 1. The van der Waals surface area contributed by atoms with Crippen molar-refractivity contribution < 1.29 is 22.7 Å². The van der Waals surface area contributed by atoms with E-state index in [9.17, 15) is 18.0 Å². The molecule has 0 saturated carbocycles. The molecule has 1 aromatic heterocycles. The van der Waals surface area contributed by atoms with Crippen molar-refractivity contribution in [2.75, 3.05) is 6.61 Å². The number of pyridine rings is 1. The molecule has 1 heterocycles. The summed E-state index contributed by atoms with van der Waals surface area (Å²) in [5.41, 5.74) is 1.03. The number of alkyl halides is 3. The fourth-order valence-corrected chi connectivity index (χ4v) is 2.26. The first-order valence-electron chi connectivity index (χ1n) is 7.66. The van der Waals surface area contributed by atoms with Crippen molar-refractivity contribution in [3.8, 4) is 0 Å². The first-order chi connectivity index (χ1) is 12.3. The average Bonchev–Trinajstić information content (AvgIpc) is 2.59. The van der Waals surface area contributed by atoms with Gasteiger partial charge in [-0.25, -0.2) is 9.78 Å². The Labute approximate surface area is 153 Å². The Balaban J connectivity index is 2.40. The van der Waals surface area contributed by atoms with Gasteiger partial charge in [-0.15, -0.1) is 0 Å². The monoisotopic (exact) mass is 381 g/mol. The molecular weight excluding hydrogens is 367 g/mol. The Kier molecular flexibility index (Phi) is 6.58. The smallest absolute Gasteiger partial charge is 0.416 e. The third-order valence-corrected chi connectivity index (χ3v) is 3.57. The summed E-state index contributed by atoms with van der Waals surface area (Å²) in [4.78, 5) is 15.4. The molecule has 26 heavy (non-hydrogen) atoms. The van der Waals surface area contributed by atoms with Crippen LogP contribution in [0.4, 0.5) is 13.2 Å². The van der Waals surface area contributed by atoms with Gasteiger partial charge in [-0.2, -0.15) is 13.2 Å². The molecule has 0 amide bonds. The van der Waals surface area contributed by atoms with Gasteiger partial charge in [0.05, 0.1) is 12.2 Å². The predicted octanol–water partition coefficient (Wildman–Crippen LogP) is 5.30. The number of halogens is 4. The maximum atomic E-state index is 12.8. The minimum atomic E-state index is -4.41. The summed E-state index contributed by atoms with van der Waals surface area (Å²) >= 11 is 5.78. The van der Waals surface area contributed by atoms with Crippen LogP contribution in [0.1, 0.15) is 23.6 Å². The molecule has 2 rings (SSSR count). The van der Waals surface area contributed by atoms with Crippen LogP contribution in [0, 0.1) is 0 Å². The van der Waals surface area contributed by atoms with Crippen molar-refractivity contribution in [2.24, 2.45) is 0 Å². The zero-order valence-corrected chi connectivity index (χ0v) is 14.5. The first-order valence-corrected chi connectivity index (χ1v) is 8.03. The summed E-state index contributed by atoms with van der Waals surface area (Å²) in [5, 5.41) is 0.294. The SMILES string of the molecule is CCOC(=O)C=CC=C(c1ccc(C(F)(F)F)cc1)c1ccc(Cl)nc1. The average molecular weight is 382 g/mol. The van der Waals surface area contributed by atoms with Crippen LogP contribution >= 0.6 is 11.6 Å². The van der Waals surface area contributed by atoms with E-state index in [-0.39, 0.29) is 6.61 Å². The molecule has 2 aromatic rings. The third-order valence-electron chi connectivity index (χ3n) is 3.34. The summed E-state index contributed by atoms with van der Waals surface area (Å²) in [5.74, 6) is -0.509. The van der Waals surface area contributed by atoms with Crippen molar-refractivity contribution in [2.45, 2.75) is 13.1 Å². The van der Waals surface area contributed by atoms with Crippen LogP contribution in [-0.4, -0.2) is 17.6 Å². The number of carbonyl (C=O) groups excluding carboxylic acids is 1. The molecule has 0 saturated heterocycles. The van der Waals surface area contributed by atoms with Gasteiger partial charge in [0, 0.05) is 17.8 Å². The lowest BCUT2D eigenvalue weighted by molar-refractivity contribution is -0.138. The second kappa shape index (κ2) is 8.67. The summed E-state index contributed by atoms with van der Waals surface area (Å²) < 4.78 is 43.0. The Morgan fingerprint density at radius 2 is 1.81 bits per heavy atom. The van der Waals surface area contributed by atoms with Crippen LogP contribution in [0.2, 0.25) is 5.15 Å². The minimum absolute atomic E-state index is 0.250. The largest absolute Gasteiger partial charge is 0.463 e. The van der Waals surface area contributed by atoms with E-state index in [1.165, 1.54) is 30.5 Å². The van der Waals surface area contributed by atoms with Gasteiger partial charge in [-0.3, -0.25) is 0 Å². The normalized spacial score (nSPS) is 12.4. The molecule has 0 N–H and O–H groups in total. The van der Waals surface area contributed by atoms with Crippen LogP contribution in [0.25, 0.3) is 5.57 Å². The van der Waals surface area contributed by atoms with E-state index < -0.39 is 17.7 Å². The maximum absolute atomic E-state index is 12.8. The second-order valence-electron chi connectivity index (χ2n) is 5.14. The second-order valence-corrected chi connectivity index (χ2v) is 5.52. The first kappa shape index (κ1) is 19.7. The lowest BCUT2D eigenvalue weighted by Gasteiger charge is -2.10. The Morgan fingerprint density at radius 1 is 1.15 bits per heavy atom. The molecule has 3 nitrogen and oxygen atoms in total. The zero-order chi connectivity index (χ0) is 19.2. The van der Waals surface area contributed by atoms with Crippen molar-refractivity contribution in [3.05, 3.63) is 82.7 Å². The number of benzene rings is 1. The van der Waals surface area contributed by atoms with Gasteiger partial charge in [0.1, 0.15) is 5.15 Å². The van der Waals surface area contributed by atoms with Crippen LogP contribution in [0.5, 0.6) is 0 Å². The van der Waals surface area contributed by atoms with Crippen LogP contribution in [-0.2, 0) is 15.7 Å². The van der Waals surface area contributed by atoms with Gasteiger partial charge in [0.25, 0.3) is 0 Å². The standard InChI is InChI=1S/C19H15ClF3NO2/c1-2-26-18(25)5-3-4-16(14-8-11-17(20)24-12-14)13-6-9-15(10-7-13)19(21,22)23/h3-12H,2H2,1H3. The van der Waals surface area contributed by atoms with E-state index in [0.717, 1.165) is 12.1 Å².